The van der Waals surface area contributed by atoms with E-state index in [9.17, 15) is 4.79 Å². The van der Waals surface area contributed by atoms with Crippen molar-refractivity contribution >= 4 is 34.7 Å². The highest BCUT2D eigenvalue weighted by molar-refractivity contribution is 7.80. The van der Waals surface area contributed by atoms with E-state index in [4.69, 9.17) is 29.6 Å². The molecule has 3 nitrogen and oxygen atoms in total. The molecule has 1 unspecified atom stereocenters. The summed E-state index contributed by atoms with van der Waals surface area (Å²) in [5.41, 5.74) is 5.36. The Labute approximate surface area is 111 Å². The lowest BCUT2D eigenvalue weighted by Crippen LogP contribution is -2.54. The number of thiocarbonyl (C=S) groups is 1. The predicted octanol–water partition coefficient (Wildman–Crippen LogP) is 2.52. The van der Waals surface area contributed by atoms with E-state index in [0.29, 0.717) is 17.0 Å². The normalized spacial score (nSPS) is 13.8. The molecule has 1 atom stereocenters. The molecule has 0 saturated carbocycles. The third kappa shape index (κ3) is 3.17. The summed E-state index contributed by atoms with van der Waals surface area (Å²) in [5.74, 6) is -0.271. The number of nitrogens with two attached hydrogens (primary N) is 1. The van der Waals surface area contributed by atoms with Crippen LogP contribution in [-0.2, 0) is 0 Å². The Balaban J connectivity index is 2.93. The number of amides is 1. The van der Waals surface area contributed by atoms with Crippen molar-refractivity contribution in [2.75, 3.05) is 0 Å². The molecule has 1 aromatic rings. The summed E-state index contributed by atoms with van der Waals surface area (Å²) in [6, 6.07) is 6.85. The average Bonchev–Trinajstić information content (AvgIpc) is 2.29. The van der Waals surface area contributed by atoms with Crippen molar-refractivity contribution in [2.24, 2.45) is 5.73 Å². The van der Waals surface area contributed by atoms with Crippen molar-refractivity contribution in [1.29, 1.82) is 0 Å². The van der Waals surface area contributed by atoms with Crippen LogP contribution in [0.4, 0.5) is 0 Å². The van der Waals surface area contributed by atoms with Crippen LogP contribution in [0.1, 0.15) is 30.6 Å². The number of halogens is 1. The number of carbonyl (C=O) groups is 1. The van der Waals surface area contributed by atoms with E-state index < -0.39 is 5.54 Å². The highest BCUT2D eigenvalue weighted by Crippen LogP contribution is 2.17. The zero-order chi connectivity index (χ0) is 13.1. The molecule has 3 N–H and O–H groups in total. The van der Waals surface area contributed by atoms with E-state index in [1.54, 1.807) is 31.2 Å². The first kappa shape index (κ1) is 13.9. The molecule has 0 saturated heterocycles. The number of benzene rings is 1. The van der Waals surface area contributed by atoms with Gasteiger partial charge in [0.05, 0.1) is 21.1 Å². The number of rotatable bonds is 4. The molecule has 0 aliphatic heterocycles. The highest BCUT2D eigenvalue weighted by atomic mass is 35.5. The molecule has 17 heavy (non-hydrogen) atoms. The first-order chi connectivity index (χ1) is 7.90. The van der Waals surface area contributed by atoms with E-state index in [1.165, 1.54) is 0 Å². The monoisotopic (exact) mass is 270 g/mol. The van der Waals surface area contributed by atoms with Crippen LogP contribution in [0.5, 0.6) is 0 Å². The standard InChI is InChI=1S/C12H15ClN2OS/c1-3-12(2,11(14)17)15-10(16)8-6-4-5-7-9(8)13/h4-7H,3H2,1-2H3,(H2,14,17)(H,15,16). The fraction of sp³-hybridized carbons (Fsp3) is 0.333. The smallest absolute Gasteiger partial charge is 0.253 e. The summed E-state index contributed by atoms with van der Waals surface area (Å²) in [6.45, 7) is 3.70. The van der Waals surface area contributed by atoms with Gasteiger partial charge in [-0.05, 0) is 25.5 Å². The quantitative estimate of drug-likeness (QED) is 0.827. The molecule has 0 aliphatic rings. The van der Waals surface area contributed by atoms with Gasteiger partial charge >= 0.3 is 0 Å². The van der Waals surface area contributed by atoms with Gasteiger partial charge in [0.1, 0.15) is 0 Å². The number of nitrogens with one attached hydrogen (secondary N) is 1. The molecule has 92 valence electrons. The van der Waals surface area contributed by atoms with Gasteiger partial charge < -0.3 is 11.1 Å². The Morgan fingerprint density at radius 2 is 2.12 bits per heavy atom. The summed E-state index contributed by atoms with van der Waals surface area (Å²) in [5, 5.41) is 3.22. The zero-order valence-electron chi connectivity index (χ0n) is 9.79. The molecule has 1 rings (SSSR count). The second-order valence-electron chi connectivity index (χ2n) is 3.98. The number of hydrogen-bond acceptors (Lipinski definition) is 2. The van der Waals surface area contributed by atoms with Gasteiger partial charge in [0.2, 0.25) is 0 Å². The minimum absolute atomic E-state index is 0.264. The van der Waals surface area contributed by atoms with Gasteiger partial charge in [0.25, 0.3) is 5.91 Å². The van der Waals surface area contributed by atoms with Crippen LogP contribution in [0.3, 0.4) is 0 Å². The Morgan fingerprint density at radius 3 is 2.59 bits per heavy atom. The molecule has 0 radical (unpaired) electrons. The van der Waals surface area contributed by atoms with Gasteiger partial charge in [0, 0.05) is 0 Å². The maximum atomic E-state index is 12.0. The Kier molecular flexibility index (Phi) is 4.48. The van der Waals surface area contributed by atoms with Crippen LogP contribution in [0.25, 0.3) is 0 Å². The molecule has 5 heteroatoms. The fourth-order valence-electron chi connectivity index (χ4n) is 1.29. The third-order valence-electron chi connectivity index (χ3n) is 2.76. The van der Waals surface area contributed by atoms with E-state index in [-0.39, 0.29) is 10.9 Å². The first-order valence-corrected chi connectivity index (χ1v) is 6.06. The van der Waals surface area contributed by atoms with E-state index in [0.717, 1.165) is 0 Å². The molecule has 0 fully saturated rings. The van der Waals surface area contributed by atoms with Crippen molar-refractivity contribution in [1.82, 2.24) is 5.32 Å². The van der Waals surface area contributed by atoms with Crippen molar-refractivity contribution in [3.8, 4) is 0 Å². The maximum absolute atomic E-state index is 12.0. The summed E-state index contributed by atoms with van der Waals surface area (Å²) in [4.78, 5) is 12.3. The molecule has 0 aliphatic carbocycles. The van der Waals surface area contributed by atoms with Gasteiger partial charge in [-0.25, -0.2) is 0 Å². The van der Waals surface area contributed by atoms with Gasteiger partial charge in [-0.2, -0.15) is 0 Å². The Bertz CT molecular complexity index is 450. The fourth-order valence-corrected chi connectivity index (χ4v) is 1.70. The van der Waals surface area contributed by atoms with Crippen LogP contribution in [-0.4, -0.2) is 16.4 Å². The van der Waals surface area contributed by atoms with Crippen molar-refractivity contribution in [3.05, 3.63) is 34.9 Å². The summed E-state index contributed by atoms with van der Waals surface area (Å²) in [6.07, 6.45) is 0.624. The minimum atomic E-state index is -0.689. The lowest BCUT2D eigenvalue weighted by molar-refractivity contribution is 0.0926. The lowest BCUT2D eigenvalue weighted by atomic mass is 9.98. The largest absolute Gasteiger partial charge is 0.391 e. The van der Waals surface area contributed by atoms with Crippen LogP contribution in [0.15, 0.2) is 24.3 Å². The third-order valence-corrected chi connectivity index (χ3v) is 3.54. The van der Waals surface area contributed by atoms with Crippen molar-refractivity contribution < 1.29 is 4.79 Å². The molecular weight excluding hydrogens is 256 g/mol. The van der Waals surface area contributed by atoms with Gasteiger partial charge in [-0.1, -0.05) is 42.9 Å². The van der Waals surface area contributed by atoms with E-state index >= 15 is 0 Å². The van der Waals surface area contributed by atoms with E-state index in [2.05, 4.69) is 5.32 Å². The number of hydrogen-bond donors (Lipinski definition) is 2. The molecule has 0 spiro atoms. The Morgan fingerprint density at radius 1 is 1.53 bits per heavy atom. The van der Waals surface area contributed by atoms with Crippen LogP contribution in [0, 0.1) is 0 Å². The minimum Gasteiger partial charge on any atom is -0.391 e. The predicted molar refractivity (Wildman–Crippen MR) is 74.4 cm³/mol. The second-order valence-corrected chi connectivity index (χ2v) is 4.83. The van der Waals surface area contributed by atoms with Crippen LogP contribution >= 0.6 is 23.8 Å². The zero-order valence-corrected chi connectivity index (χ0v) is 11.4. The topological polar surface area (TPSA) is 55.1 Å². The molecule has 1 aromatic carbocycles. The molecule has 0 bridgehead atoms. The van der Waals surface area contributed by atoms with Gasteiger partial charge in [-0.3, -0.25) is 4.79 Å². The molecule has 1 amide bonds. The van der Waals surface area contributed by atoms with Gasteiger partial charge in [0.15, 0.2) is 0 Å². The Hall–Kier alpha value is -1.13. The van der Waals surface area contributed by atoms with Crippen LogP contribution in [0.2, 0.25) is 5.02 Å². The second kappa shape index (κ2) is 5.47. The van der Waals surface area contributed by atoms with Crippen molar-refractivity contribution in [3.63, 3.8) is 0 Å². The van der Waals surface area contributed by atoms with E-state index in [1.807, 2.05) is 6.92 Å². The molecule has 0 aromatic heterocycles. The maximum Gasteiger partial charge on any atom is 0.253 e. The lowest BCUT2D eigenvalue weighted by Gasteiger charge is -2.28. The molecular formula is C12H15ClN2OS. The SMILES string of the molecule is CCC(C)(NC(=O)c1ccccc1Cl)C(N)=S. The summed E-state index contributed by atoms with van der Waals surface area (Å²) >= 11 is 10.9. The average molecular weight is 271 g/mol. The van der Waals surface area contributed by atoms with Gasteiger partial charge in [-0.15, -0.1) is 0 Å². The first-order valence-electron chi connectivity index (χ1n) is 5.27. The van der Waals surface area contributed by atoms with Crippen LogP contribution < -0.4 is 11.1 Å². The summed E-state index contributed by atoms with van der Waals surface area (Å²) in [7, 11) is 0. The molecule has 0 heterocycles. The van der Waals surface area contributed by atoms with Crippen molar-refractivity contribution in [2.45, 2.75) is 25.8 Å². The summed E-state index contributed by atoms with van der Waals surface area (Å²) < 4.78 is 0. The number of carbonyl (C=O) groups excluding carboxylic acids is 1. The highest BCUT2D eigenvalue weighted by Gasteiger charge is 2.28.